The molecular formula is C30H26ClF2N3O4. The number of amides is 1. The van der Waals surface area contributed by atoms with E-state index in [2.05, 4.69) is 6.58 Å². The Balaban J connectivity index is 1.81. The molecule has 206 valence electrons. The van der Waals surface area contributed by atoms with Crippen LogP contribution in [-0.2, 0) is 11.3 Å². The second-order valence-corrected chi connectivity index (χ2v) is 10.6. The summed E-state index contributed by atoms with van der Waals surface area (Å²) < 4.78 is 31.7. The monoisotopic (exact) mass is 565 g/mol. The Kier molecular flexibility index (Phi) is 7.10. The fraction of sp³-hybridized carbons (Fsp3) is 0.233. The first-order valence-electron chi connectivity index (χ1n) is 12.7. The molecule has 0 atom stereocenters. The van der Waals surface area contributed by atoms with Gasteiger partial charge in [-0.2, -0.15) is 0 Å². The van der Waals surface area contributed by atoms with E-state index in [0.717, 1.165) is 17.7 Å². The number of likely N-dealkylation sites (tertiary alicyclic amines) is 1. The van der Waals surface area contributed by atoms with Gasteiger partial charge in [0.05, 0.1) is 27.3 Å². The Morgan fingerprint density at radius 2 is 1.80 bits per heavy atom. The molecule has 2 heterocycles. The summed E-state index contributed by atoms with van der Waals surface area (Å²) in [6.45, 7) is 8.27. The van der Waals surface area contributed by atoms with Crippen molar-refractivity contribution < 1.29 is 18.7 Å². The van der Waals surface area contributed by atoms with E-state index in [0.29, 0.717) is 24.3 Å². The van der Waals surface area contributed by atoms with Crippen molar-refractivity contribution in [1.29, 1.82) is 0 Å². The highest BCUT2D eigenvalue weighted by atomic mass is 35.5. The zero-order valence-electron chi connectivity index (χ0n) is 21.8. The number of carbonyl (C=O) groups is 1. The number of phenols is 1. The first kappa shape index (κ1) is 27.3. The zero-order chi connectivity index (χ0) is 28.9. The zero-order valence-corrected chi connectivity index (χ0v) is 22.6. The normalized spacial score (nSPS) is 13.6. The SMILES string of the molecule is C=CC(=O)N1CC(Cn2c(=O)c(=O)n(-c3ccccc3C(C)C)c3cc(-c4c(O)ccc(F)c4F)c(Cl)cc32)C1. The number of para-hydroxylation sites is 1. The molecule has 0 bridgehead atoms. The summed E-state index contributed by atoms with van der Waals surface area (Å²) in [5, 5.41) is 10.4. The van der Waals surface area contributed by atoms with Gasteiger partial charge >= 0.3 is 11.1 Å². The summed E-state index contributed by atoms with van der Waals surface area (Å²) in [4.78, 5) is 40.8. The van der Waals surface area contributed by atoms with Crippen LogP contribution in [0, 0.1) is 17.6 Å². The number of halogens is 3. The molecule has 3 aromatic carbocycles. The van der Waals surface area contributed by atoms with E-state index in [-0.39, 0.29) is 40.4 Å². The third kappa shape index (κ3) is 4.50. The molecular weight excluding hydrogens is 540 g/mol. The lowest BCUT2D eigenvalue weighted by atomic mass is 9.98. The molecule has 0 radical (unpaired) electrons. The lowest BCUT2D eigenvalue weighted by Gasteiger charge is -2.39. The molecule has 1 aliphatic rings. The predicted molar refractivity (Wildman–Crippen MR) is 150 cm³/mol. The minimum absolute atomic E-state index is 0.0135. The smallest absolute Gasteiger partial charge is 0.321 e. The van der Waals surface area contributed by atoms with Gasteiger partial charge in [0.2, 0.25) is 5.91 Å². The van der Waals surface area contributed by atoms with Crippen LogP contribution in [0.4, 0.5) is 8.78 Å². The number of hydrogen-bond acceptors (Lipinski definition) is 4. The molecule has 5 rings (SSSR count). The second-order valence-electron chi connectivity index (χ2n) is 10.2. The maximum atomic E-state index is 14.9. The Morgan fingerprint density at radius 1 is 1.10 bits per heavy atom. The Bertz CT molecular complexity index is 1810. The second kappa shape index (κ2) is 10.4. The number of aromatic nitrogens is 2. The molecule has 0 unspecified atom stereocenters. The fourth-order valence-corrected chi connectivity index (χ4v) is 5.47. The number of aromatic hydroxyl groups is 1. The molecule has 1 amide bonds. The van der Waals surface area contributed by atoms with Crippen LogP contribution in [0.15, 0.2) is 70.8 Å². The fourth-order valence-electron chi connectivity index (χ4n) is 5.22. The quantitative estimate of drug-likeness (QED) is 0.256. The highest BCUT2D eigenvalue weighted by molar-refractivity contribution is 6.34. The molecule has 1 aliphatic heterocycles. The lowest BCUT2D eigenvalue weighted by molar-refractivity contribution is -0.132. The summed E-state index contributed by atoms with van der Waals surface area (Å²) in [6.07, 6.45) is 1.22. The van der Waals surface area contributed by atoms with Crippen molar-refractivity contribution in [2.75, 3.05) is 13.1 Å². The molecule has 1 fully saturated rings. The van der Waals surface area contributed by atoms with Crippen molar-refractivity contribution in [3.63, 3.8) is 0 Å². The average molecular weight is 566 g/mol. The molecule has 1 N–H and O–H groups in total. The van der Waals surface area contributed by atoms with Crippen LogP contribution in [0.2, 0.25) is 5.02 Å². The van der Waals surface area contributed by atoms with Crippen LogP contribution in [0.25, 0.3) is 27.8 Å². The number of fused-ring (bicyclic) bond motifs is 1. The number of hydrogen-bond donors (Lipinski definition) is 1. The van der Waals surface area contributed by atoms with Gasteiger partial charge < -0.3 is 14.6 Å². The van der Waals surface area contributed by atoms with Crippen molar-refractivity contribution in [2.45, 2.75) is 26.3 Å². The van der Waals surface area contributed by atoms with Crippen LogP contribution >= 0.6 is 11.6 Å². The van der Waals surface area contributed by atoms with E-state index in [9.17, 15) is 28.3 Å². The molecule has 0 saturated carbocycles. The third-order valence-electron chi connectivity index (χ3n) is 7.25. The summed E-state index contributed by atoms with van der Waals surface area (Å²) in [6, 6.07) is 11.7. The number of carbonyl (C=O) groups excluding carboxylic acids is 1. The van der Waals surface area contributed by atoms with Gasteiger partial charge in [0, 0.05) is 31.1 Å². The Hall–Kier alpha value is -4.24. The molecule has 40 heavy (non-hydrogen) atoms. The highest BCUT2D eigenvalue weighted by Crippen LogP contribution is 2.40. The van der Waals surface area contributed by atoms with Gasteiger partial charge in [-0.15, -0.1) is 0 Å². The van der Waals surface area contributed by atoms with Crippen molar-refractivity contribution >= 4 is 28.5 Å². The van der Waals surface area contributed by atoms with Crippen LogP contribution in [0.3, 0.4) is 0 Å². The molecule has 10 heteroatoms. The number of nitrogens with zero attached hydrogens (tertiary/aromatic N) is 3. The minimum Gasteiger partial charge on any atom is -0.507 e. The summed E-state index contributed by atoms with van der Waals surface area (Å²) >= 11 is 6.58. The average Bonchev–Trinajstić information content (AvgIpc) is 2.90. The summed E-state index contributed by atoms with van der Waals surface area (Å²) in [5.41, 5.74) is -0.370. The topological polar surface area (TPSA) is 84.5 Å². The van der Waals surface area contributed by atoms with E-state index in [1.54, 1.807) is 17.0 Å². The van der Waals surface area contributed by atoms with E-state index in [4.69, 9.17) is 11.6 Å². The molecule has 4 aromatic rings. The standard InChI is InChI=1S/C30H26ClF2N3O4/c1-4-26(38)34-13-17(14-34)15-35-23-12-20(31)19(27-25(37)10-9-21(32)28(27)33)11-24(23)36(30(40)29(35)39)22-8-6-5-7-18(22)16(2)3/h4-12,16-17,37H,1,13-15H2,2-3H3. The summed E-state index contributed by atoms with van der Waals surface area (Å²) in [7, 11) is 0. The predicted octanol–water partition coefficient (Wildman–Crippen LogP) is 5.22. The largest absolute Gasteiger partial charge is 0.507 e. The maximum Gasteiger partial charge on any atom is 0.321 e. The van der Waals surface area contributed by atoms with E-state index < -0.39 is 34.1 Å². The third-order valence-corrected chi connectivity index (χ3v) is 7.57. The Labute approximate surface area is 233 Å². The van der Waals surface area contributed by atoms with Crippen LogP contribution in [0.5, 0.6) is 5.75 Å². The van der Waals surface area contributed by atoms with Crippen molar-refractivity contribution in [3.8, 4) is 22.6 Å². The molecule has 1 saturated heterocycles. The minimum atomic E-state index is -1.30. The maximum absolute atomic E-state index is 14.9. The molecule has 0 aliphatic carbocycles. The van der Waals surface area contributed by atoms with Gasteiger partial charge in [0.15, 0.2) is 11.6 Å². The van der Waals surface area contributed by atoms with Gasteiger partial charge in [0.1, 0.15) is 5.75 Å². The van der Waals surface area contributed by atoms with Gasteiger partial charge in [-0.05, 0) is 47.9 Å². The van der Waals surface area contributed by atoms with E-state index in [1.165, 1.54) is 27.3 Å². The van der Waals surface area contributed by atoms with Crippen molar-refractivity contribution in [2.24, 2.45) is 5.92 Å². The van der Waals surface area contributed by atoms with Gasteiger partial charge in [-0.3, -0.25) is 19.0 Å². The lowest BCUT2D eigenvalue weighted by Crippen LogP contribution is -2.52. The number of rotatable bonds is 6. The van der Waals surface area contributed by atoms with Crippen LogP contribution in [-0.4, -0.2) is 38.1 Å². The number of phenolic OH excluding ortho intramolecular Hbond substituents is 1. The molecule has 7 nitrogen and oxygen atoms in total. The first-order valence-corrected chi connectivity index (χ1v) is 13.1. The molecule has 1 aromatic heterocycles. The van der Waals surface area contributed by atoms with Gasteiger partial charge in [-0.1, -0.05) is 50.2 Å². The summed E-state index contributed by atoms with van der Waals surface area (Å²) in [5.74, 6) is -3.36. The van der Waals surface area contributed by atoms with E-state index >= 15 is 0 Å². The molecule has 0 spiro atoms. The van der Waals surface area contributed by atoms with Crippen LogP contribution < -0.4 is 11.1 Å². The first-order chi connectivity index (χ1) is 19.0. The highest BCUT2D eigenvalue weighted by Gasteiger charge is 2.31. The van der Waals surface area contributed by atoms with Crippen LogP contribution in [0.1, 0.15) is 25.3 Å². The van der Waals surface area contributed by atoms with E-state index in [1.807, 2.05) is 26.0 Å². The Morgan fingerprint density at radius 3 is 2.48 bits per heavy atom. The van der Waals surface area contributed by atoms with Gasteiger partial charge in [-0.25, -0.2) is 8.78 Å². The number of benzene rings is 3. The van der Waals surface area contributed by atoms with Crippen molar-refractivity contribution in [1.82, 2.24) is 14.0 Å². The van der Waals surface area contributed by atoms with Gasteiger partial charge in [0.25, 0.3) is 0 Å². The van der Waals surface area contributed by atoms with Crippen molar-refractivity contribution in [3.05, 3.63) is 104 Å².